The average Bonchev–Trinajstić information content (AvgIpc) is 3.11. The number of benzene rings is 8. The highest BCUT2D eigenvalue weighted by Gasteiger charge is 2.17. The summed E-state index contributed by atoms with van der Waals surface area (Å²) < 4.78 is 0. The normalized spacial score (nSPS) is 11.6. The standard InChI is InChI=1S/C43H27N/c1-2-7-28(8-3-1)29-13-15-31(16-14-29)39-27-40(38-24-22-34-10-6-9-33-21-23-37(39)43(38)42(33)34)32-19-17-30(18-20-32)35-25-26-44-41-12-5-4-11-36(35)41/h1-27H. The third-order valence-electron chi connectivity index (χ3n) is 9.10. The van der Waals surface area contributed by atoms with Crippen molar-refractivity contribution in [2.24, 2.45) is 0 Å². The molecule has 8 aromatic carbocycles. The number of pyridine rings is 1. The Balaban J connectivity index is 1.25. The van der Waals surface area contributed by atoms with Gasteiger partial charge in [-0.15, -0.1) is 0 Å². The molecule has 0 aliphatic rings. The van der Waals surface area contributed by atoms with E-state index in [4.69, 9.17) is 0 Å². The molecule has 0 saturated heterocycles. The highest BCUT2D eigenvalue weighted by molar-refractivity contribution is 6.28. The zero-order chi connectivity index (χ0) is 29.0. The van der Waals surface area contributed by atoms with Crippen LogP contribution in [0, 0.1) is 0 Å². The largest absolute Gasteiger partial charge is 0.256 e. The summed E-state index contributed by atoms with van der Waals surface area (Å²) in [6, 6.07) is 57.4. The molecule has 44 heavy (non-hydrogen) atoms. The Morgan fingerprint density at radius 1 is 0.318 bits per heavy atom. The molecule has 204 valence electrons. The van der Waals surface area contributed by atoms with Crippen LogP contribution in [0.5, 0.6) is 0 Å². The van der Waals surface area contributed by atoms with Crippen molar-refractivity contribution in [2.45, 2.75) is 0 Å². The summed E-state index contributed by atoms with van der Waals surface area (Å²) in [7, 11) is 0. The first kappa shape index (κ1) is 24.8. The number of para-hydroxylation sites is 1. The van der Waals surface area contributed by atoms with Gasteiger partial charge in [0.2, 0.25) is 0 Å². The summed E-state index contributed by atoms with van der Waals surface area (Å²) in [5.74, 6) is 0. The van der Waals surface area contributed by atoms with E-state index in [1.807, 2.05) is 12.3 Å². The van der Waals surface area contributed by atoms with Gasteiger partial charge >= 0.3 is 0 Å². The van der Waals surface area contributed by atoms with E-state index in [9.17, 15) is 0 Å². The van der Waals surface area contributed by atoms with Crippen molar-refractivity contribution in [3.8, 4) is 44.5 Å². The lowest BCUT2D eigenvalue weighted by molar-refractivity contribution is 1.41. The fourth-order valence-corrected chi connectivity index (χ4v) is 6.96. The van der Waals surface area contributed by atoms with Crippen LogP contribution in [0.15, 0.2) is 164 Å². The van der Waals surface area contributed by atoms with Crippen LogP contribution in [0.2, 0.25) is 0 Å². The van der Waals surface area contributed by atoms with Crippen molar-refractivity contribution in [1.29, 1.82) is 0 Å². The molecule has 0 fully saturated rings. The fraction of sp³-hybridized carbons (Fsp3) is 0. The van der Waals surface area contributed by atoms with E-state index < -0.39 is 0 Å². The molecule has 1 nitrogen and oxygen atoms in total. The number of hydrogen-bond donors (Lipinski definition) is 0. The molecule has 0 radical (unpaired) electrons. The molecule has 1 heterocycles. The molecular formula is C43H27N. The van der Waals surface area contributed by atoms with Gasteiger partial charge in [-0.25, -0.2) is 0 Å². The van der Waals surface area contributed by atoms with Crippen LogP contribution >= 0.6 is 0 Å². The van der Waals surface area contributed by atoms with E-state index in [0.29, 0.717) is 0 Å². The van der Waals surface area contributed by atoms with Crippen LogP contribution in [0.1, 0.15) is 0 Å². The SMILES string of the molecule is c1ccc(-c2ccc(-c3cc(-c4ccc(-c5ccnc6ccccc56)cc4)c4ccc5cccc6ccc3c4c65)cc2)cc1. The number of nitrogens with zero attached hydrogens (tertiary/aromatic N) is 1. The van der Waals surface area contributed by atoms with E-state index >= 15 is 0 Å². The van der Waals surface area contributed by atoms with Gasteiger partial charge in [0.1, 0.15) is 0 Å². The predicted octanol–water partition coefficient (Wildman–Crippen LogP) is 11.8. The van der Waals surface area contributed by atoms with Gasteiger partial charge in [-0.05, 0) is 95.0 Å². The number of aromatic nitrogens is 1. The van der Waals surface area contributed by atoms with Crippen molar-refractivity contribution in [2.75, 3.05) is 0 Å². The first-order chi connectivity index (χ1) is 21.8. The maximum atomic E-state index is 4.57. The van der Waals surface area contributed by atoms with Gasteiger partial charge in [0, 0.05) is 11.6 Å². The molecule has 0 unspecified atom stereocenters. The van der Waals surface area contributed by atoms with Crippen LogP contribution in [0.3, 0.4) is 0 Å². The minimum atomic E-state index is 1.02. The molecule has 0 N–H and O–H groups in total. The smallest absolute Gasteiger partial charge is 0.0708 e. The van der Waals surface area contributed by atoms with Crippen molar-refractivity contribution in [3.05, 3.63) is 164 Å². The average molecular weight is 558 g/mol. The maximum absolute atomic E-state index is 4.57. The topological polar surface area (TPSA) is 12.9 Å². The lowest BCUT2D eigenvalue weighted by atomic mass is 9.85. The zero-order valence-electron chi connectivity index (χ0n) is 24.0. The van der Waals surface area contributed by atoms with Gasteiger partial charge in [0.15, 0.2) is 0 Å². The highest BCUT2D eigenvalue weighted by atomic mass is 14.6. The summed E-state index contributed by atoms with van der Waals surface area (Å²) in [6.45, 7) is 0. The maximum Gasteiger partial charge on any atom is 0.0708 e. The van der Waals surface area contributed by atoms with Crippen LogP contribution in [0.25, 0.3) is 87.7 Å². The van der Waals surface area contributed by atoms with E-state index in [1.54, 1.807) is 0 Å². The molecule has 9 rings (SSSR count). The summed E-state index contributed by atoms with van der Waals surface area (Å²) in [6.07, 6.45) is 1.90. The molecule has 1 heteroatoms. The Labute approximate surface area is 256 Å². The zero-order valence-corrected chi connectivity index (χ0v) is 24.0. The molecule has 0 bridgehead atoms. The molecule has 0 aliphatic heterocycles. The second-order valence-corrected chi connectivity index (χ2v) is 11.5. The Morgan fingerprint density at radius 2 is 0.864 bits per heavy atom. The first-order valence-electron chi connectivity index (χ1n) is 15.1. The minimum absolute atomic E-state index is 1.02. The summed E-state index contributed by atoms with van der Waals surface area (Å²) in [4.78, 5) is 4.57. The lowest BCUT2D eigenvalue weighted by Gasteiger charge is -2.18. The van der Waals surface area contributed by atoms with E-state index in [-0.39, 0.29) is 0 Å². The van der Waals surface area contributed by atoms with Gasteiger partial charge in [-0.1, -0.05) is 140 Å². The van der Waals surface area contributed by atoms with Crippen molar-refractivity contribution in [1.82, 2.24) is 4.98 Å². The predicted molar refractivity (Wildman–Crippen MR) is 187 cm³/mol. The van der Waals surface area contributed by atoms with Crippen molar-refractivity contribution >= 4 is 43.2 Å². The molecule has 0 saturated carbocycles. The second kappa shape index (κ2) is 9.90. The summed E-state index contributed by atoms with van der Waals surface area (Å²) in [5, 5.41) is 8.99. The Hall–Kier alpha value is -5.79. The first-order valence-corrected chi connectivity index (χ1v) is 15.1. The monoisotopic (exact) mass is 557 g/mol. The van der Waals surface area contributed by atoms with Gasteiger partial charge in [0.25, 0.3) is 0 Å². The molecule has 1 aromatic heterocycles. The van der Waals surface area contributed by atoms with Gasteiger partial charge in [0.05, 0.1) is 5.52 Å². The summed E-state index contributed by atoms with van der Waals surface area (Å²) in [5.41, 5.74) is 10.8. The highest BCUT2D eigenvalue weighted by Crippen LogP contribution is 2.44. The van der Waals surface area contributed by atoms with Gasteiger partial charge in [-0.3, -0.25) is 4.98 Å². The Bertz CT molecular complexity index is 2430. The van der Waals surface area contributed by atoms with E-state index in [2.05, 4.69) is 157 Å². The molecular weight excluding hydrogens is 530 g/mol. The molecule has 0 spiro atoms. The molecule has 9 aromatic rings. The Morgan fingerprint density at radius 3 is 1.52 bits per heavy atom. The van der Waals surface area contributed by atoms with Crippen LogP contribution in [-0.2, 0) is 0 Å². The van der Waals surface area contributed by atoms with Gasteiger partial charge < -0.3 is 0 Å². The number of rotatable bonds is 4. The van der Waals surface area contributed by atoms with Crippen LogP contribution in [0.4, 0.5) is 0 Å². The van der Waals surface area contributed by atoms with Crippen molar-refractivity contribution in [3.63, 3.8) is 0 Å². The Kier molecular flexibility index (Phi) is 5.57. The van der Waals surface area contributed by atoms with Crippen LogP contribution in [-0.4, -0.2) is 4.98 Å². The summed E-state index contributed by atoms with van der Waals surface area (Å²) >= 11 is 0. The third kappa shape index (κ3) is 3.91. The molecule has 0 amide bonds. The molecule has 0 aliphatic carbocycles. The number of fused-ring (bicyclic) bond motifs is 1. The molecule has 0 atom stereocenters. The number of hydrogen-bond acceptors (Lipinski definition) is 1. The van der Waals surface area contributed by atoms with Gasteiger partial charge in [-0.2, -0.15) is 0 Å². The fourth-order valence-electron chi connectivity index (χ4n) is 6.96. The second-order valence-electron chi connectivity index (χ2n) is 11.5. The van der Waals surface area contributed by atoms with E-state index in [1.165, 1.54) is 82.2 Å². The van der Waals surface area contributed by atoms with Crippen molar-refractivity contribution < 1.29 is 0 Å². The third-order valence-corrected chi connectivity index (χ3v) is 9.10. The van der Waals surface area contributed by atoms with E-state index in [0.717, 1.165) is 5.52 Å². The van der Waals surface area contributed by atoms with Crippen LogP contribution < -0.4 is 0 Å². The minimum Gasteiger partial charge on any atom is -0.256 e. The quantitative estimate of drug-likeness (QED) is 0.196. The lowest BCUT2D eigenvalue weighted by Crippen LogP contribution is -1.91.